The Bertz CT molecular complexity index is 146. The minimum atomic E-state index is -0.191. The van der Waals surface area contributed by atoms with Gasteiger partial charge in [-0.15, -0.1) is 0 Å². The zero-order valence-electron chi connectivity index (χ0n) is 7.18. The quantitative estimate of drug-likeness (QED) is 0.567. The van der Waals surface area contributed by atoms with Gasteiger partial charge in [-0.25, -0.2) is 4.79 Å². The number of carbonyl (C=O) groups excluding carboxylic acids is 1. The molecule has 0 saturated heterocycles. The first-order valence-corrected chi connectivity index (χ1v) is 4.95. The van der Waals surface area contributed by atoms with Crippen molar-refractivity contribution in [1.82, 2.24) is 10.0 Å². The molecule has 1 rings (SSSR count). The van der Waals surface area contributed by atoms with Gasteiger partial charge in [0.1, 0.15) is 0 Å². The summed E-state index contributed by atoms with van der Waals surface area (Å²) in [6.07, 6.45) is 6.50. The largest absolute Gasteiger partial charge is 0.337 e. The lowest BCUT2D eigenvalue weighted by Crippen LogP contribution is -2.34. The third-order valence-corrected chi connectivity index (χ3v) is 2.58. The summed E-state index contributed by atoms with van der Waals surface area (Å²) in [4.78, 5) is 10.8. The molecule has 0 atom stereocenters. The SMILES string of the molecule is O=C(NS)NCC1CCCCC1. The molecule has 0 radical (unpaired) electrons. The standard InChI is InChI=1S/C8H16N2OS/c11-8(10-12)9-6-7-4-2-1-3-5-7/h7,12H,1-6H2,(H2,9,10,11). The van der Waals surface area contributed by atoms with E-state index in [2.05, 4.69) is 22.9 Å². The van der Waals surface area contributed by atoms with Crippen molar-refractivity contribution in [2.24, 2.45) is 5.92 Å². The van der Waals surface area contributed by atoms with Gasteiger partial charge in [0, 0.05) is 6.54 Å². The summed E-state index contributed by atoms with van der Waals surface area (Å²) in [6, 6.07) is -0.191. The van der Waals surface area contributed by atoms with E-state index >= 15 is 0 Å². The van der Waals surface area contributed by atoms with Crippen molar-refractivity contribution in [1.29, 1.82) is 0 Å². The lowest BCUT2D eigenvalue weighted by molar-refractivity contribution is 0.242. The van der Waals surface area contributed by atoms with Gasteiger partial charge in [-0.3, -0.25) is 4.72 Å². The van der Waals surface area contributed by atoms with E-state index < -0.39 is 0 Å². The number of hydrogen-bond acceptors (Lipinski definition) is 2. The topological polar surface area (TPSA) is 41.1 Å². The normalized spacial score (nSPS) is 18.8. The molecule has 0 heterocycles. The van der Waals surface area contributed by atoms with Crippen LogP contribution < -0.4 is 10.0 Å². The second kappa shape index (κ2) is 5.30. The summed E-state index contributed by atoms with van der Waals surface area (Å²) in [6.45, 7) is 0.798. The molecule has 1 saturated carbocycles. The number of carbonyl (C=O) groups is 1. The molecule has 3 nitrogen and oxygen atoms in total. The Morgan fingerprint density at radius 1 is 1.33 bits per heavy atom. The molecule has 0 spiro atoms. The number of urea groups is 1. The van der Waals surface area contributed by atoms with Crippen molar-refractivity contribution in [2.75, 3.05) is 6.54 Å². The fourth-order valence-corrected chi connectivity index (χ4v) is 1.75. The van der Waals surface area contributed by atoms with E-state index in [-0.39, 0.29) is 6.03 Å². The Morgan fingerprint density at radius 3 is 2.58 bits per heavy atom. The molecule has 70 valence electrons. The number of rotatable bonds is 2. The van der Waals surface area contributed by atoms with Crippen molar-refractivity contribution in [3.8, 4) is 0 Å². The summed E-state index contributed by atoms with van der Waals surface area (Å²) < 4.78 is 2.25. The molecular weight excluding hydrogens is 172 g/mol. The first-order valence-electron chi connectivity index (χ1n) is 4.51. The van der Waals surface area contributed by atoms with Gasteiger partial charge in [0.05, 0.1) is 0 Å². The van der Waals surface area contributed by atoms with Crippen LogP contribution in [-0.4, -0.2) is 12.6 Å². The third-order valence-electron chi connectivity index (χ3n) is 2.38. The van der Waals surface area contributed by atoms with Crippen molar-refractivity contribution < 1.29 is 4.79 Å². The van der Waals surface area contributed by atoms with Crippen LogP contribution in [0.4, 0.5) is 4.79 Å². The molecule has 2 N–H and O–H groups in total. The molecule has 0 unspecified atom stereocenters. The molecule has 0 aliphatic heterocycles. The van der Waals surface area contributed by atoms with Gasteiger partial charge in [0.15, 0.2) is 0 Å². The molecule has 1 aliphatic rings. The van der Waals surface area contributed by atoms with Crippen molar-refractivity contribution in [3.63, 3.8) is 0 Å². The summed E-state index contributed by atoms with van der Waals surface area (Å²) in [5.41, 5.74) is 0. The van der Waals surface area contributed by atoms with Crippen LogP contribution in [0.3, 0.4) is 0 Å². The molecule has 12 heavy (non-hydrogen) atoms. The Labute approximate surface area is 78.8 Å². The molecule has 0 aromatic heterocycles. The maximum atomic E-state index is 10.8. The minimum Gasteiger partial charge on any atom is -0.337 e. The Kier molecular flexibility index (Phi) is 4.29. The van der Waals surface area contributed by atoms with Gasteiger partial charge < -0.3 is 5.32 Å². The monoisotopic (exact) mass is 188 g/mol. The molecule has 0 bridgehead atoms. The van der Waals surface area contributed by atoms with Gasteiger partial charge >= 0.3 is 6.03 Å². The van der Waals surface area contributed by atoms with E-state index in [9.17, 15) is 4.79 Å². The van der Waals surface area contributed by atoms with Crippen LogP contribution in [0.25, 0.3) is 0 Å². The number of nitrogens with one attached hydrogen (secondary N) is 2. The van der Waals surface area contributed by atoms with E-state index in [1.54, 1.807) is 0 Å². The first-order chi connectivity index (χ1) is 5.83. The molecule has 4 heteroatoms. The van der Waals surface area contributed by atoms with Crippen LogP contribution in [0, 0.1) is 5.92 Å². The van der Waals surface area contributed by atoms with Gasteiger partial charge in [-0.05, 0) is 18.8 Å². The first kappa shape index (κ1) is 9.71. The Morgan fingerprint density at radius 2 is 2.00 bits per heavy atom. The number of amides is 2. The lowest BCUT2D eigenvalue weighted by atomic mass is 9.89. The summed E-state index contributed by atoms with van der Waals surface area (Å²) in [7, 11) is 0. The second-order valence-electron chi connectivity index (χ2n) is 3.33. The molecular formula is C8H16N2OS. The Hall–Kier alpha value is -0.380. The highest BCUT2D eigenvalue weighted by Crippen LogP contribution is 2.22. The fraction of sp³-hybridized carbons (Fsp3) is 0.875. The molecule has 1 fully saturated rings. The van der Waals surface area contributed by atoms with Crippen molar-refractivity contribution in [2.45, 2.75) is 32.1 Å². The molecule has 1 aliphatic carbocycles. The fourth-order valence-electron chi connectivity index (χ4n) is 1.67. The predicted octanol–water partition coefficient (Wildman–Crippen LogP) is 1.71. The third kappa shape index (κ3) is 3.34. The van der Waals surface area contributed by atoms with Gasteiger partial charge in [0.2, 0.25) is 0 Å². The maximum Gasteiger partial charge on any atom is 0.324 e. The average molecular weight is 188 g/mol. The molecule has 0 aromatic rings. The van der Waals surface area contributed by atoms with E-state index in [0.717, 1.165) is 6.54 Å². The van der Waals surface area contributed by atoms with Gasteiger partial charge in [0.25, 0.3) is 0 Å². The molecule has 2 amide bonds. The van der Waals surface area contributed by atoms with E-state index in [1.807, 2.05) is 0 Å². The zero-order valence-corrected chi connectivity index (χ0v) is 8.07. The summed E-state index contributed by atoms with van der Waals surface area (Å²) >= 11 is 3.65. The highest BCUT2D eigenvalue weighted by atomic mass is 32.1. The van der Waals surface area contributed by atoms with Crippen LogP contribution in [0.1, 0.15) is 32.1 Å². The second-order valence-corrected chi connectivity index (χ2v) is 3.55. The average Bonchev–Trinajstić information content (AvgIpc) is 2.16. The van der Waals surface area contributed by atoms with Crippen LogP contribution in [0.15, 0.2) is 0 Å². The van der Waals surface area contributed by atoms with Crippen molar-refractivity contribution >= 4 is 18.8 Å². The van der Waals surface area contributed by atoms with Crippen LogP contribution >= 0.6 is 12.8 Å². The van der Waals surface area contributed by atoms with E-state index in [4.69, 9.17) is 0 Å². The minimum absolute atomic E-state index is 0.191. The summed E-state index contributed by atoms with van der Waals surface area (Å²) in [5, 5.41) is 2.78. The van der Waals surface area contributed by atoms with Gasteiger partial charge in [-0.1, -0.05) is 32.1 Å². The van der Waals surface area contributed by atoms with E-state index in [0.29, 0.717) is 5.92 Å². The highest BCUT2D eigenvalue weighted by Gasteiger charge is 2.13. The predicted molar refractivity (Wildman–Crippen MR) is 52.1 cm³/mol. The lowest BCUT2D eigenvalue weighted by Gasteiger charge is -2.21. The highest BCUT2D eigenvalue weighted by molar-refractivity contribution is 7.78. The smallest absolute Gasteiger partial charge is 0.324 e. The maximum absolute atomic E-state index is 10.8. The Balaban J connectivity index is 2.09. The van der Waals surface area contributed by atoms with Crippen LogP contribution in [0.2, 0.25) is 0 Å². The van der Waals surface area contributed by atoms with Crippen molar-refractivity contribution in [3.05, 3.63) is 0 Å². The molecule has 0 aromatic carbocycles. The van der Waals surface area contributed by atoms with Crippen LogP contribution in [-0.2, 0) is 0 Å². The van der Waals surface area contributed by atoms with E-state index in [1.165, 1.54) is 32.1 Å². The van der Waals surface area contributed by atoms with Crippen LogP contribution in [0.5, 0.6) is 0 Å². The number of thiol groups is 1. The number of hydrogen-bond donors (Lipinski definition) is 3. The zero-order chi connectivity index (χ0) is 8.81. The summed E-state index contributed by atoms with van der Waals surface area (Å²) in [5.74, 6) is 0.685. The van der Waals surface area contributed by atoms with Gasteiger partial charge in [-0.2, -0.15) is 0 Å².